The average Bonchev–Trinajstić information content (AvgIpc) is 2.18. The molecule has 0 aliphatic carbocycles. The molecule has 0 heterocycles. The van der Waals surface area contributed by atoms with E-state index >= 15 is 0 Å². The quantitative estimate of drug-likeness (QED) is 0.449. The van der Waals surface area contributed by atoms with Gasteiger partial charge in [-0.05, 0) is 24.6 Å². The lowest BCUT2D eigenvalue weighted by atomic mass is 10.1. The Labute approximate surface area is 81.6 Å². The summed E-state index contributed by atoms with van der Waals surface area (Å²) in [7, 11) is 1.70. The molecule has 0 atom stereocenters. The van der Waals surface area contributed by atoms with Gasteiger partial charge in [0.1, 0.15) is 0 Å². The molecule has 1 N–H and O–H groups in total. The fraction of sp³-hybridized carbons (Fsp3) is 0.222. The van der Waals surface area contributed by atoms with E-state index < -0.39 is 4.92 Å². The van der Waals surface area contributed by atoms with Crippen LogP contribution < -0.4 is 5.43 Å². The second kappa shape index (κ2) is 4.36. The number of rotatable bonds is 3. The molecule has 0 saturated heterocycles. The van der Waals surface area contributed by atoms with E-state index in [0.717, 1.165) is 11.3 Å². The molecule has 0 bridgehead atoms. The fourth-order valence-electron chi connectivity index (χ4n) is 1.06. The molecule has 0 fully saturated rings. The van der Waals surface area contributed by atoms with Gasteiger partial charge in [0.15, 0.2) is 0 Å². The van der Waals surface area contributed by atoms with Gasteiger partial charge in [0, 0.05) is 19.2 Å². The second-order valence-corrected chi connectivity index (χ2v) is 2.72. The van der Waals surface area contributed by atoms with Gasteiger partial charge in [-0.2, -0.15) is 5.10 Å². The van der Waals surface area contributed by atoms with Crippen molar-refractivity contribution in [3.63, 3.8) is 0 Å². The first-order chi connectivity index (χ1) is 6.65. The van der Waals surface area contributed by atoms with Crippen molar-refractivity contribution in [2.45, 2.75) is 6.92 Å². The van der Waals surface area contributed by atoms with E-state index in [9.17, 15) is 10.1 Å². The average molecular weight is 193 g/mol. The van der Waals surface area contributed by atoms with E-state index in [1.165, 1.54) is 12.1 Å². The highest BCUT2D eigenvalue weighted by atomic mass is 16.6. The van der Waals surface area contributed by atoms with E-state index in [4.69, 9.17) is 0 Å². The van der Waals surface area contributed by atoms with Crippen LogP contribution in [0.2, 0.25) is 0 Å². The number of hydrazone groups is 1. The van der Waals surface area contributed by atoms with Crippen LogP contribution >= 0.6 is 0 Å². The molecule has 0 spiro atoms. The zero-order valence-electron chi connectivity index (χ0n) is 8.02. The van der Waals surface area contributed by atoms with E-state index in [0.29, 0.717) is 0 Å². The van der Waals surface area contributed by atoms with Crippen molar-refractivity contribution in [1.29, 1.82) is 0 Å². The van der Waals surface area contributed by atoms with E-state index in [1.54, 1.807) is 19.2 Å². The predicted molar refractivity (Wildman–Crippen MR) is 54.4 cm³/mol. The van der Waals surface area contributed by atoms with Crippen LogP contribution in [0.25, 0.3) is 0 Å². The Hall–Kier alpha value is -1.91. The fourth-order valence-corrected chi connectivity index (χ4v) is 1.06. The van der Waals surface area contributed by atoms with Gasteiger partial charge in [-0.3, -0.25) is 10.1 Å². The number of benzene rings is 1. The Morgan fingerprint density at radius 1 is 1.43 bits per heavy atom. The predicted octanol–water partition coefficient (Wildman–Crippen LogP) is 1.54. The normalized spacial score (nSPS) is 11.1. The summed E-state index contributed by atoms with van der Waals surface area (Å²) in [5.74, 6) is 0. The van der Waals surface area contributed by atoms with Gasteiger partial charge >= 0.3 is 0 Å². The molecule has 0 amide bonds. The molecule has 0 radical (unpaired) electrons. The Morgan fingerprint density at radius 3 is 2.43 bits per heavy atom. The summed E-state index contributed by atoms with van der Waals surface area (Å²) in [5, 5.41) is 14.3. The Bertz CT molecular complexity index is 357. The van der Waals surface area contributed by atoms with Crippen LogP contribution in [0.3, 0.4) is 0 Å². The third-order valence-electron chi connectivity index (χ3n) is 1.78. The lowest BCUT2D eigenvalue weighted by molar-refractivity contribution is -0.384. The van der Waals surface area contributed by atoms with Gasteiger partial charge in [0.05, 0.1) is 10.6 Å². The van der Waals surface area contributed by atoms with Gasteiger partial charge in [0.25, 0.3) is 5.69 Å². The van der Waals surface area contributed by atoms with Gasteiger partial charge in [-0.15, -0.1) is 0 Å². The summed E-state index contributed by atoms with van der Waals surface area (Å²) in [6.07, 6.45) is 0. The van der Waals surface area contributed by atoms with Crippen LogP contribution in [-0.2, 0) is 0 Å². The van der Waals surface area contributed by atoms with Crippen molar-refractivity contribution in [1.82, 2.24) is 5.43 Å². The Balaban J connectivity index is 2.94. The Kier molecular flexibility index (Phi) is 3.17. The number of nitro benzene ring substituents is 1. The lowest BCUT2D eigenvalue weighted by Crippen LogP contribution is -2.03. The molecular formula is C9H11N3O2. The van der Waals surface area contributed by atoms with Gasteiger partial charge in [-0.25, -0.2) is 0 Å². The molecule has 1 rings (SSSR count). The summed E-state index contributed by atoms with van der Waals surface area (Å²) >= 11 is 0. The highest BCUT2D eigenvalue weighted by molar-refractivity contribution is 5.98. The molecule has 0 aliphatic rings. The zero-order valence-corrected chi connectivity index (χ0v) is 8.02. The van der Waals surface area contributed by atoms with Crippen LogP contribution in [0.5, 0.6) is 0 Å². The topological polar surface area (TPSA) is 67.5 Å². The maximum atomic E-state index is 10.4. The first kappa shape index (κ1) is 10.2. The van der Waals surface area contributed by atoms with E-state index in [-0.39, 0.29) is 5.69 Å². The van der Waals surface area contributed by atoms with E-state index in [1.807, 2.05) is 6.92 Å². The van der Waals surface area contributed by atoms with Crippen molar-refractivity contribution in [3.8, 4) is 0 Å². The standard InChI is InChI=1S/C9H11N3O2/c1-7(11-10-2)8-3-5-9(6-4-8)12(13)14/h3-6,10H,1-2H3. The minimum Gasteiger partial charge on any atom is -0.313 e. The number of nitrogens with one attached hydrogen (secondary N) is 1. The molecule has 0 saturated carbocycles. The summed E-state index contributed by atoms with van der Waals surface area (Å²) in [5.41, 5.74) is 4.41. The van der Waals surface area contributed by atoms with Gasteiger partial charge in [-0.1, -0.05) is 0 Å². The van der Waals surface area contributed by atoms with E-state index in [2.05, 4.69) is 10.5 Å². The number of non-ortho nitro benzene ring substituents is 1. The molecule has 5 nitrogen and oxygen atoms in total. The smallest absolute Gasteiger partial charge is 0.269 e. The first-order valence-corrected chi connectivity index (χ1v) is 4.11. The molecule has 0 aliphatic heterocycles. The third kappa shape index (κ3) is 2.29. The maximum Gasteiger partial charge on any atom is 0.269 e. The summed E-state index contributed by atoms with van der Waals surface area (Å²) in [6.45, 7) is 1.83. The number of nitrogens with zero attached hydrogens (tertiary/aromatic N) is 2. The molecule has 0 unspecified atom stereocenters. The van der Waals surface area contributed by atoms with Crippen molar-refractivity contribution in [2.24, 2.45) is 5.10 Å². The van der Waals surface area contributed by atoms with Crippen LogP contribution in [0.4, 0.5) is 5.69 Å². The highest BCUT2D eigenvalue weighted by Crippen LogP contribution is 2.12. The SMILES string of the molecule is CNN=C(C)c1ccc([N+](=O)[O-])cc1. The number of hydrogen-bond acceptors (Lipinski definition) is 4. The summed E-state index contributed by atoms with van der Waals surface area (Å²) < 4.78 is 0. The van der Waals surface area contributed by atoms with Crippen LogP contribution in [0.15, 0.2) is 29.4 Å². The van der Waals surface area contributed by atoms with Gasteiger partial charge < -0.3 is 5.43 Å². The minimum absolute atomic E-state index is 0.0889. The molecule has 0 aromatic heterocycles. The highest BCUT2D eigenvalue weighted by Gasteiger charge is 2.04. The van der Waals surface area contributed by atoms with Crippen LogP contribution in [0, 0.1) is 10.1 Å². The van der Waals surface area contributed by atoms with Crippen molar-refractivity contribution in [3.05, 3.63) is 39.9 Å². The molecule has 1 aromatic carbocycles. The monoisotopic (exact) mass is 193 g/mol. The first-order valence-electron chi connectivity index (χ1n) is 4.11. The molecule has 74 valence electrons. The van der Waals surface area contributed by atoms with Gasteiger partial charge in [0.2, 0.25) is 0 Å². The zero-order chi connectivity index (χ0) is 10.6. The molecule has 1 aromatic rings. The largest absolute Gasteiger partial charge is 0.313 e. The van der Waals surface area contributed by atoms with Crippen LogP contribution in [0.1, 0.15) is 12.5 Å². The van der Waals surface area contributed by atoms with Crippen LogP contribution in [-0.4, -0.2) is 17.7 Å². The summed E-state index contributed by atoms with van der Waals surface area (Å²) in [6, 6.07) is 6.27. The summed E-state index contributed by atoms with van der Waals surface area (Å²) in [4.78, 5) is 9.95. The molecule has 5 heteroatoms. The minimum atomic E-state index is -0.422. The molecule has 14 heavy (non-hydrogen) atoms. The third-order valence-corrected chi connectivity index (χ3v) is 1.78. The number of hydrogen-bond donors (Lipinski definition) is 1. The number of nitro groups is 1. The second-order valence-electron chi connectivity index (χ2n) is 2.72. The maximum absolute atomic E-state index is 10.4. The lowest BCUT2D eigenvalue weighted by Gasteiger charge is -1.99. The van der Waals surface area contributed by atoms with Crippen molar-refractivity contribution >= 4 is 11.4 Å². The van der Waals surface area contributed by atoms with Crippen molar-refractivity contribution < 1.29 is 4.92 Å². The Morgan fingerprint density at radius 2 is 2.00 bits per heavy atom. The molecular weight excluding hydrogens is 182 g/mol. The van der Waals surface area contributed by atoms with Crippen molar-refractivity contribution in [2.75, 3.05) is 7.05 Å².